The standard InChI is InChI=1S/C15H17N3O2/c16-7-12-6-13(15(19)20)18(17-12)14-10-2-8-1-9(4-10)5-11(14)3-8/h6,8-11,14H,1-5H2,(H,19,20). The molecule has 1 N–H and O–H groups in total. The molecule has 0 unspecified atom stereocenters. The maximum Gasteiger partial charge on any atom is 0.354 e. The Morgan fingerprint density at radius 3 is 2.35 bits per heavy atom. The van der Waals surface area contributed by atoms with Crippen LogP contribution in [-0.4, -0.2) is 20.9 Å². The molecular formula is C15H17N3O2. The minimum atomic E-state index is -0.979. The van der Waals surface area contributed by atoms with Gasteiger partial charge in [-0.05, 0) is 55.8 Å². The lowest BCUT2D eigenvalue weighted by atomic mass is 9.54. The SMILES string of the molecule is N#Cc1cc(C(=O)O)n(C2C3CC4CC(C3)CC2C4)n1. The fraction of sp³-hybridized carbons (Fsp3) is 0.667. The highest BCUT2D eigenvalue weighted by atomic mass is 16.4. The third-order valence-electron chi connectivity index (χ3n) is 5.53. The topological polar surface area (TPSA) is 78.9 Å². The first-order valence-corrected chi connectivity index (χ1v) is 7.38. The second-order valence-corrected chi connectivity index (χ2v) is 6.70. The molecule has 5 heteroatoms. The lowest BCUT2D eigenvalue weighted by molar-refractivity contribution is -0.0347. The van der Waals surface area contributed by atoms with Crippen LogP contribution < -0.4 is 0 Å². The maximum atomic E-state index is 11.4. The average molecular weight is 271 g/mol. The van der Waals surface area contributed by atoms with Gasteiger partial charge in [-0.25, -0.2) is 4.79 Å². The normalized spacial score (nSPS) is 37.9. The van der Waals surface area contributed by atoms with Gasteiger partial charge in [0, 0.05) is 6.07 Å². The summed E-state index contributed by atoms with van der Waals surface area (Å²) in [7, 11) is 0. The van der Waals surface area contributed by atoms with Gasteiger partial charge in [0.05, 0.1) is 6.04 Å². The van der Waals surface area contributed by atoms with Crippen molar-refractivity contribution in [3.05, 3.63) is 17.5 Å². The minimum absolute atomic E-state index is 0.180. The number of rotatable bonds is 2. The summed E-state index contributed by atoms with van der Waals surface area (Å²) < 4.78 is 1.66. The van der Waals surface area contributed by atoms with Gasteiger partial charge in [-0.3, -0.25) is 4.68 Å². The van der Waals surface area contributed by atoms with E-state index in [0.717, 1.165) is 11.8 Å². The lowest BCUT2D eigenvalue weighted by Crippen LogP contribution is -2.46. The largest absolute Gasteiger partial charge is 0.477 e. The molecule has 0 saturated heterocycles. The molecule has 0 radical (unpaired) electrons. The molecule has 20 heavy (non-hydrogen) atoms. The van der Waals surface area contributed by atoms with Crippen molar-refractivity contribution in [1.82, 2.24) is 9.78 Å². The van der Waals surface area contributed by atoms with Crippen molar-refractivity contribution in [2.75, 3.05) is 0 Å². The van der Waals surface area contributed by atoms with Crippen LogP contribution in [-0.2, 0) is 0 Å². The van der Waals surface area contributed by atoms with E-state index in [-0.39, 0.29) is 17.4 Å². The zero-order valence-corrected chi connectivity index (χ0v) is 11.2. The van der Waals surface area contributed by atoms with Gasteiger partial charge in [0.1, 0.15) is 11.8 Å². The van der Waals surface area contributed by atoms with Crippen LogP contribution in [0.1, 0.15) is 54.3 Å². The third kappa shape index (κ3) is 1.60. The smallest absolute Gasteiger partial charge is 0.354 e. The molecular weight excluding hydrogens is 254 g/mol. The van der Waals surface area contributed by atoms with Gasteiger partial charge in [-0.15, -0.1) is 0 Å². The quantitative estimate of drug-likeness (QED) is 0.896. The zero-order chi connectivity index (χ0) is 13.9. The van der Waals surface area contributed by atoms with E-state index in [1.807, 2.05) is 6.07 Å². The Kier molecular flexibility index (Phi) is 2.44. The molecule has 1 heterocycles. The molecule has 0 aromatic carbocycles. The molecule has 1 aromatic heterocycles. The van der Waals surface area contributed by atoms with Crippen LogP contribution >= 0.6 is 0 Å². The third-order valence-corrected chi connectivity index (χ3v) is 5.53. The van der Waals surface area contributed by atoms with Crippen molar-refractivity contribution in [3.63, 3.8) is 0 Å². The first-order valence-electron chi connectivity index (χ1n) is 7.38. The highest BCUT2D eigenvalue weighted by Gasteiger charge is 2.50. The summed E-state index contributed by atoms with van der Waals surface area (Å²) in [5.74, 6) is 1.81. The van der Waals surface area contributed by atoms with Crippen LogP contribution in [0, 0.1) is 35.0 Å². The molecule has 0 aliphatic heterocycles. The molecule has 0 atom stereocenters. The number of carboxylic acid groups (broad SMARTS) is 1. The number of hydrogen-bond donors (Lipinski definition) is 1. The van der Waals surface area contributed by atoms with Crippen molar-refractivity contribution in [2.24, 2.45) is 23.7 Å². The Balaban J connectivity index is 1.76. The molecule has 4 fully saturated rings. The number of carbonyl (C=O) groups is 1. The van der Waals surface area contributed by atoms with Gasteiger partial charge in [0.15, 0.2) is 5.69 Å². The van der Waals surface area contributed by atoms with Gasteiger partial charge in [0.2, 0.25) is 0 Å². The zero-order valence-electron chi connectivity index (χ0n) is 11.2. The van der Waals surface area contributed by atoms with Crippen molar-refractivity contribution < 1.29 is 9.90 Å². The van der Waals surface area contributed by atoms with E-state index >= 15 is 0 Å². The lowest BCUT2D eigenvalue weighted by Gasteiger charge is -2.54. The Labute approximate surface area is 117 Å². The molecule has 0 spiro atoms. The number of carboxylic acids is 1. The Morgan fingerprint density at radius 2 is 1.85 bits per heavy atom. The molecule has 4 aliphatic rings. The van der Waals surface area contributed by atoms with Gasteiger partial charge < -0.3 is 5.11 Å². The number of nitrogens with zero attached hydrogens (tertiary/aromatic N) is 3. The average Bonchev–Trinajstić information content (AvgIpc) is 2.81. The van der Waals surface area contributed by atoms with E-state index in [9.17, 15) is 9.90 Å². The fourth-order valence-corrected chi connectivity index (χ4v) is 5.13. The number of nitriles is 1. The van der Waals surface area contributed by atoms with Gasteiger partial charge in [-0.1, -0.05) is 0 Å². The maximum absolute atomic E-state index is 11.4. The van der Waals surface area contributed by atoms with E-state index in [1.165, 1.54) is 38.2 Å². The summed E-state index contributed by atoms with van der Waals surface area (Å²) in [6.45, 7) is 0. The summed E-state index contributed by atoms with van der Waals surface area (Å²) in [6.07, 6.45) is 6.20. The highest BCUT2D eigenvalue weighted by molar-refractivity contribution is 5.86. The van der Waals surface area contributed by atoms with Crippen LogP contribution in [0.25, 0.3) is 0 Å². The summed E-state index contributed by atoms with van der Waals surface area (Å²) >= 11 is 0. The van der Waals surface area contributed by atoms with Crippen LogP contribution in [0.3, 0.4) is 0 Å². The highest BCUT2D eigenvalue weighted by Crippen LogP contribution is 2.58. The van der Waals surface area contributed by atoms with Crippen molar-refractivity contribution in [3.8, 4) is 6.07 Å². The summed E-state index contributed by atoms with van der Waals surface area (Å²) in [4.78, 5) is 11.4. The fourth-order valence-electron chi connectivity index (χ4n) is 5.13. The summed E-state index contributed by atoms with van der Waals surface area (Å²) in [5, 5.41) is 22.6. The first-order chi connectivity index (χ1) is 9.65. The second-order valence-electron chi connectivity index (χ2n) is 6.70. The second kappa shape index (κ2) is 4.08. The predicted molar refractivity (Wildman–Crippen MR) is 70.0 cm³/mol. The summed E-state index contributed by atoms with van der Waals surface area (Å²) in [6, 6.07) is 3.57. The number of hydrogen-bond acceptors (Lipinski definition) is 3. The first kappa shape index (κ1) is 12.0. The van der Waals surface area contributed by atoms with Crippen LogP contribution in [0.4, 0.5) is 0 Å². The molecule has 4 bridgehead atoms. The van der Waals surface area contributed by atoms with Gasteiger partial charge in [0.25, 0.3) is 0 Å². The Bertz CT molecular complexity index is 585. The van der Waals surface area contributed by atoms with E-state index in [1.54, 1.807) is 4.68 Å². The van der Waals surface area contributed by atoms with Crippen LogP contribution in [0.15, 0.2) is 6.07 Å². The molecule has 4 aliphatic carbocycles. The van der Waals surface area contributed by atoms with E-state index in [2.05, 4.69) is 5.10 Å². The monoisotopic (exact) mass is 271 g/mol. The van der Waals surface area contributed by atoms with E-state index < -0.39 is 5.97 Å². The Morgan fingerprint density at radius 1 is 1.25 bits per heavy atom. The molecule has 4 saturated carbocycles. The van der Waals surface area contributed by atoms with Gasteiger partial charge in [-0.2, -0.15) is 10.4 Å². The molecule has 0 amide bonds. The van der Waals surface area contributed by atoms with Crippen molar-refractivity contribution >= 4 is 5.97 Å². The summed E-state index contributed by atoms with van der Waals surface area (Å²) in [5.41, 5.74) is 0.398. The number of aromatic nitrogens is 2. The minimum Gasteiger partial charge on any atom is -0.477 e. The van der Waals surface area contributed by atoms with E-state index in [4.69, 9.17) is 5.26 Å². The van der Waals surface area contributed by atoms with Crippen LogP contribution in [0.2, 0.25) is 0 Å². The molecule has 5 rings (SSSR count). The van der Waals surface area contributed by atoms with Crippen molar-refractivity contribution in [1.29, 1.82) is 5.26 Å². The molecule has 1 aromatic rings. The van der Waals surface area contributed by atoms with Crippen LogP contribution in [0.5, 0.6) is 0 Å². The molecule has 5 nitrogen and oxygen atoms in total. The predicted octanol–water partition coefficient (Wildman–Crippen LogP) is 2.45. The molecule has 104 valence electrons. The van der Waals surface area contributed by atoms with E-state index in [0.29, 0.717) is 11.8 Å². The van der Waals surface area contributed by atoms with Gasteiger partial charge >= 0.3 is 5.97 Å². The number of aromatic carboxylic acids is 1. The van der Waals surface area contributed by atoms with Crippen molar-refractivity contribution in [2.45, 2.75) is 38.1 Å². The Hall–Kier alpha value is -1.83.